The molecule has 3 N–H and O–H groups in total. The summed E-state index contributed by atoms with van der Waals surface area (Å²) in [7, 11) is 0. The first-order valence-corrected chi connectivity index (χ1v) is 8.11. The van der Waals surface area contributed by atoms with Crippen LogP contribution in [0.5, 0.6) is 0 Å². The maximum Gasteiger partial charge on any atom is 0.243 e. The molecule has 0 spiro atoms. The lowest BCUT2D eigenvalue weighted by atomic mass is 10.1. The van der Waals surface area contributed by atoms with E-state index in [0.29, 0.717) is 18.1 Å². The van der Waals surface area contributed by atoms with Gasteiger partial charge in [-0.05, 0) is 20.3 Å². The maximum absolute atomic E-state index is 12.1. The number of aliphatic hydroxyl groups excluding tert-OH is 1. The number of hydrogen-bond acceptors (Lipinski definition) is 5. The number of hydrogen-bond donors (Lipinski definition) is 3. The van der Waals surface area contributed by atoms with Crippen LogP contribution in [-0.4, -0.2) is 34.7 Å². The van der Waals surface area contributed by atoms with Crippen LogP contribution in [0.2, 0.25) is 0 Å². The molecular weight excluding hydrogens is 298 g/mol. The van der Waals surface area contributed by atoms with Gasteiger partial charge in [0.2, 0.25) is 5.91 Å². The second kappa shape index (κ2) is 6.16. The molecule has 1 aromatic heterocycles. The lowest BCUT2D eigenvalue weighted by Gasteiger charge is -2.08. The van der Waals surface area contributed by atoms with Crippen LogP contribution in [0.15, 0.2) is 24.3 Å². The number of carbonyl (C=O) groups is 1. The summed E-state index contributed by atoms with van der Waals surface area (Å²) in [6, 6.07) is 7.84. The Balaban J connectivity index is 1.75. The molecule has 3 rings (SSSR count). The lowest BCUT2D eigenvalue weighted by molar-refractivity contribution is -0.117. The zero-order valence-electron chi connectivity index (χ0n) is 12.6. The third-order valence-corrected chi connectivity index (χ3v) is 4.66. The summed E-state index contributed by atoms with van der Waals surface area (Å²) in [6.07, 6.45) is -0.00187. The summed E-state index contributed by atoms with van der Waals surface area (Å²) in [5, 5.41) is 15.9. The molecule has 1 fully saturated rings. The molecule has 2 aromatic rings. The van der Waals surface area contributed by atoms with E-state index in [1.807, 2.05) is 26.0 Å². The van der Waals surface area contributed by atoms with Crippen molar-refractivity contribution in [3.8, 4) is 11.3 Å². The number of aryl methyl sites for hydroxylation is 2. The number of aromatic nitrogens is 1. The summed E-state index contributed by atoms with van der Waals surface area (Å²) >= 11 is 1.47. The van der Waals surface area contributed by atoms with E-state index in [0.717, 1.165) is 16.1 Å². The van der Waals surface area contributed by atoms with Crippen molar-refractivity contribution in [1.82, 2.24) is 10.3 Å². The number of carbonyl (C=O) groups excluding carboxylic acids is 1. The SMILES string of the molecule is Cc1ccc(-c2nc(NC(=O)C3CC(O)CN3)sc2C)cc1. The van der Waals surface area contributed by atoms with E-state index in [4.69, 9.17) is 0 Å². The average molecular weight is 317 g/mol. The van der Waals surface area contributed by atoms with E-state index in [9.17, 15) is 9.90 Å². The number of amides is 1. The predicted molar refractivity (Wildman–Crippen MR) is 88.1 cm³/mol. The van der Waals surface area contributed by atoms with E-state index in [1.54, 1.807) is 0 Å². The van der Waals surface area contributed by atoms with E-state index >= 15 is 0 Å². The quantitative estimate of drug-likeness (QED) is 0.810. The van der Waals surface area contributed by atoms with Gasteiger partial charge >= 0.3 is 0 Å². The van der Waals surface area contributed by atoms with E-state index in [2.05, 4.69) is 27.8 Å². The van der Waals surface area contributed by atoms with Crippen LogP contribution in [0.3, 0.4) is 0 Å². The molecule has 0 radical (unpaired) electrons. The van der Waals surface area contributed by atoms with Gasteiger partial charge in [-0.3, -0.25) is 4.79 Å². The zero-order valence-corrected chi connectivity index (χ0v) is 13.4. The molecule has 0 saturated carbocycles. The van der Waals surface area contributed by atoms with Crippen molar-refractivity contribution in [2.75, 3.05) is 11.9 Å². The highest BCUT2D eigenvalue weighted by Gasteiger charge is 2.28. The molecule has 1 saturated heterocycles. The van der Waals surface area contributed by atoms with Crippen molar-refractivity contribution in [3.05, 3.63) is 34.7 Å². The fourth-order valence-electron chi connectivity index (χ4n) is 2.54. The number of benzene rings is 1. The van der Waals surface area contributed by atoms with Crippen molar-refractivity contribution < 1.29 is 9.90 Å². The highest BCUT2D eigenvalue weighted by atomic mass is 32.1. The van der Waals surface area contributed by atoms with Gasteiger partial charge in [-0.25, -0.2) is 4.98 Å². The smallest absolute Gasteiger partial charge is 0.243 e. The number of β-amino-alcohol motifs (C(OH)–C–C–N with tert-alkyl or cyclic N) is 1. The van der Waals surface area contributed by atoms with Crippen LogP contribution < -0.4 is 10.6 Å². The van der Waals surface area contributed by atoms with Crippen molar-refractivity contribution in [1.29, 1.82) is 0 Å². The van der Waals surface area contributed by atoms with Crippen molar-refractivity contribution in [2.24, 2.45) is 0 Å². The van der Waals surface area contributed by atoms with Crippen LogP contribution in [-0.2, 0) is 4.79 Å². The Kier molecular flexibility index (Phi) is 4.24. The van der Waals surface area contributed by atoms with Crippen LogP contribution in [0.4, 0.5) is 5.13 Å². The van der Waals surface area contributed by atoms with Crippen LogP contribution in [0, 0.1) is 13.8 Å². The van der Waals surface area contributed by atoms with E-state index in [-0.39, 0.29) is 11.9 Å². The van der Waals surface area contributed by atoms with Gasteiger partial charge in [-0.15, -0.1) is 11.3 Å². The van der Waals surface area contributed by atoms with Gasteiger partial charge in [-0.1, -0.05) is 29.8 Å². The minimum Gasteiger partial charge on any atom is -0.392 e. The van der Waals surface area contributed by atoms with Gasteiger partial charge < -0.3 is 15.7 Å². The number of nitrogens with zero attached hydrogens (tertiary/aromatic N) is 1. The minimum atomic E-state index is -0.447. The minimum absolute atomic E-state index is 0.138. The Morgan fingerprint density at radius 1 is 1.36 bits per heavy atom. The molecule has 116 valence electrons. The molecule has 2 unspecified atom stereocenters. The molecule has 1 amide bonds. The fourth-order valence-corrected chi connectivity index (χ4v) is 3.38. The zero-order chi connectivity index (χ0) is 15.7. The topological polar surface area (TPSA) is 74.2 Å². The van der Waals surface area contributed by atoms with Crippen LogP contribution in [0.25, 0.3) is 11.3 Å². The van der Waals surface area contributed by atoms with Gasteiger partial charge in [0.05, 0.1) is 17.8 Å². The van der Waals surface area contributed by atoms with Crippen LogP contribution >= 0.6 is 11.3 Å². The third kappa shape index (κ3) is 3.19. The number of nitrogens with one attached hydrogen (secondary N) is 2. The molecule has 1 aliphatic rings. The highest BCUT2D eigenvalue weighted by molar-refractivity contribution is 7.16. The average Bonchev–Trinajstić information content (AvgIpc) is 3.06. The van der Waals surface area contributed by atoms with Gasteiger partial charge in [0.15, 0.2) is 5.13 Å². The molecule has 1 aromatic carbocycles. The summed E-state index contributed by atoms with van der Waals surface area (Å²) < 4.78 is 0. The molecule has 0 aliphatic carbocycles. The van der Waals surface area contributed by atoms with Crippen molar-refractivity contribution in [3.63, 3.8) is 0 Å². The molecule has 2 atom stereocenters. The summed E-state index contributed by atoms with van der Waals surface area (Å²) in [5.41, 5.74) is 3.16. The Morgan fingerprint density at radius 2 is 2.09 bits per heavy atom. The first-order chi connectivity index (χ1) is 10.5. The maximum atomic E-state index is 12.1. The lowest BCUT2D eigenvalue weighted by Crippen LogP contribution is -2.35. The standard InChI is InChI=1S/C16H19N3O2S/c1-9-3-5-11(6-4-9)14-10(2)22-16(18-14)19-15(21)13-7-12(20)8-17-13/h3-6,12-13,17,20H,7-8H2,1-2H3,(H,18,19,21). The normalized spacial score (nSPS) is 21.0. The largest absolute Gasteiger partial charge is 0.392 e. The Hall–Kier alpha value is -1.76. The number of thiazole rings is 1. The van der Waals surface area contributed by atoms with Crippen molar-refractivity contribution in [2.45, 2.75) is 32.4 Å². The highest BCUT2D eigenvalue weighted by Crippen LogP contribution is 2.30. The first-order valence-electron chi connectivity index (χ1n) is 7.29. The van der Waals surface area contributed by atoms with E-state index in [1.165, 1.54) is 16.9 Å². The molecule has 2 heterocycles. The second-order valence-corrected chi connectivity index (χ2v) is 6.83. The van der Waals surface area contributed by atoms with Gasteiger partial charge in [-0.2, -0.15) is 0 Å². The fraction of sp³-hybridized carbons (Fsp3) is 0.375. The Bertz CT molecular complexity index is 681. The Morgan fingerprint density at radius 3 is 2.73 bits per heavy atom. The number of aliphatic hydroxyl groups is 1. The summed E-state index contributed by atoms with van der Waals surface area (Å²) in [5.74, 6) is -0.138. The molecule has 22 heavy (non-hydrogen) atoms. The van der Waals surface area contributed by atoms with Crippen molar-refractivity contribution >= 4 is 22.4 Å². The second-order valence-electron chi connectivity index (χ2n) is 5.63. The Labute approximate surface area is 133 Å². The third-order valence-electron chi connectivity index (χ3n) is 3.78. The van der Waals surface area contributed by atoms with Gasteiger partial charge in [0.25, 0.3) is 0 Å². The number of rotatable bonds is 3. The summed E-state index contributed by atoms with van der Waals surface area (Å²) in [4.78, 5) is 17.7. The predicted octanol–water partition coefficient (Wildman–Crippen LogP) is 2.09. The monoisotopic (exact) mass is 317 g/mol. The molecular formula is C16H19N3O2S. The van der Waals surface area contributed by atoms with Crippen LogP contribution in [0.1, 0.15) is 16.9 Å². The molecule has 6 heteroatoms. The first kappa shape index (κ1) is 15.1. The molecule has 1 aliphatic heterocycles. The van der Waals surface area contributed by atoms with Gasteiger partial charge in [0, 0.05) is 17.0 Å². The number of anilines is 1. The van der Waals surface area contributed by atoms with E-state index < -0.39 is 6.10 Å². The summed E-state index contributed by atoms with van der Waals surface area (Å²) in [6.45, 7) is 4.51. The van der Waals surface area contributed by atoms with Gasteiger partial charge in [0.1, 0.15) is 0 Å². The molecule has 0 bridgehead atoms. The molecule has 5 nitrogen and oxygen atoms in total.